The Bertz CT molecular complexity index is 367. The fourth-order valence-electron chi connectivity index (χ4n) is 1.96. The van der Waals surface area contributed by atoms with E-state index in [1.54, 1.807) is 0 Å². The quantitative estimate of drug-likeness (QED) is 0.792. The summed E-state index contributed by atoms with van der Waals surface area (Å²) in [5.41, 5.74) is 0.665. The van der Waals surface area contributed by atoms with E-state index in [9.17, 15) is 8.78 Å². The summed E-state index contributed by atoms with van der Waals surface area (Å²) in [6.07, 6.45) is 2.91. The van der Waals surface area contributed by atoms with Crippen molar-refractivity contribution in [2.45, 2.75) is 12.5 Å². The highest BCUT2D eigenvalue weighted by Crippen LogP contribution is 2.19. The van der Waals surface area contributed by atoms with Gasteiger partial charge in [0.2, 0.25) is 0 Å². The minimum atomic E-state index is -0.522. The topological polar surface area (TPSA) is 15.3 Å². The monoisotopic (exact) mass is 288 g/mol. The number of halogens is 2. The zero-order valence-electron chi connectivity index (χ0n) is 11.7. The normalized spacial score (nSPS) is 12.9. The van der Waals surface area contributed by atoms with Crippen LogP contribution in [0.1, 0.15) is 18.0 Å². The van der Waals surface area contributed by atoms with Gasteiger partial charge in [-0.15, -0.1) is 0 Å². The molecule has 1 aromatic rings. The Morgan fingerprint density at radius 2 is 1.84 bits per heavy atom. The van der Waals surface area contributed by atoms with Gasteiger partial charge in [0, 0.05) is 24.4 Å². The summed E-state index contributed by atoms with van der Waals surface area (Å²) in [6.45, 7) is 1.92. The van der Waals surface area contributed by atoms with E-state index < -0.39 is 11.6 Å². The van der Waals surface area contributed by atoms with Gasteiger partial charge in [0.1, 0.15) is 11.6 Å². The van der Waals surface area contributed by atoms with E-state index in [1.807, 2.05) is 18.8 Å². The number of rotatable bonds is 8. The van der Waals surface area contributed by atoms with Crippen LogP contribution in [0, 0.1) is 11.6 Å². The molecule has 0 fully saturated rings. The van der Waals surface area contributed by atoms with Crippen LogP contribution in [0.4, 0.5) is 8.78 Å². The molecule has 0 amide bonds. The minimum Gasteiger partial charge on any atom is -0.313 e. The van der Waals surface area contributed by atoms with Gasteiger partial charge in [-0.1, -0.05) is 0 Å². The van der Waals surface area contributed by atoms with Crippen molar-refractivity contribution in [1.29, 1.82) is 0 Å². The molecule has 1 rings (SSSR count). The summed E-state index contributed by atoms with van der Waals surface area (Å²) in [7, 11) is 3.88. The molecule has 0 saturated heterocycles. The van der Waals surface area contributed by atoms with Crippen molar-refractivity contribution in [3.05, 3.63) is 35.4 Å². The molecule has 19 heavy (non-hydrogen) atoms. The number of nitrogens with zero attached hydrogens (tertiary/aromatic N) is 1. The van der Waals surface area contributed by atoms with Crippen LogP contribution in [0.15, 0.2) is 18.2 Å². The summed E-state index contributed by atoms with van der Waals surface area (Å²) in [5, 5.41) is 3.12. The van der Waals surface area contributed by atoms with Crippen molar-refractivity contribution in [2.75, 3.05) is 39.2 Å². The smallest absolute Gasteiger partial charge is 0.126 e. The summed E-state index contributed by atoms with van der Waals surface area (Å²) < 4.78 is 26.4. The van der Waals surface area contributed by atoms with Gasteiger partial charge in [-0.25, -0.2) is 8.78 Å². The van der Waals surface area contributed by atoms with Gasteiger partial charge in [-0.2, -0.15) is 11.8 Å². The first-order chi connectivity index (χ1) is 9.06. The van der Waals surface area contributed by atoms with E-state index in [1.165, 1.54) is 12.1 Å². The van der Waals surface area contributed by atoms with Gasteiger partial charge in [0.05, 0.1) is 0 Å². The lowest BCUT2D eigenvalue weighted by molar-refractivity contribution is 0.328. The number of hydrogen-bond acceptors (Lipinski definition) is 3. The van der Waals surface area contributed by atoms with Crippen molar-refractivity contribution >= 4 is 11.8 Å². The fraction of sp³-hybridized carbons (Fsp3) is 0.571. The average molecular weight is 288 g/mol. The molecule has 0 bridgehead atoms. The molecule has 108 valence electrons. The third-order valence-corrected chi connectivity index (χ3v) is 3.70. The van der Waals surface area contributed by atoms with Crippen LogP contribution < -0.4 is 5.32 Å². The van der Waals surface area contributed by atoms with Gasteiger partial charge in [0.25, 0.3) is 0 Å². The third kappa shape index (κ3) is 5.89. The SMILES string of the molecule is CNC(CCN(C)CCSC)c1cc(F)cc(F)c1. The van der Waals surface area contributed by atoms with Crippen LogP contribution >= 0.6 is 11.8 Å². The van der Waals surface area contributed by atoms with Crippen LogP contribution in [-0.4, -0.2) is 44.1 Å². The van der Waals surface area contributed by atoms with Crippen molar-refractivity contribution < 1.29 is 8.78 Å². The second kappa shape index (κ2) is 8.51. The van der Waals surface area contributed by atoms with E-state index >= 15 is 0 Å². The van der Waals surface area contributed by atoms with Crippen molar-refractivity contribution in [2.24, 2.45) is 0 Å². The van der Waals surface area contributed by atoms with Crippen LogP contribution in [0.5, 0.6) is 0 Å². The summed E-state index contributed by atoms with van der Waals surface area (Å²) in [6, 6.07) is 3.67. The lowest BCUT2D eigenvalue weighted by Gasteiger charge is -2.21. The van der Waals surface area contributed by atoms with E-state index in [0.29, 0.717) is 5.56 Å². The zero-order valence-corrected chi connectivity index (χ0v) is 12.6. The molecule has 2 nitrogen and oxygen atoms in total. The molecule has 0 heterocycles. The Kier molecular flexibility index (Phi) is 7.34. The predicted molar refractivity (Wildman–Crippen MR) is 78.7 cm³/mol. The molecule has 0 saturated carbocycles. The molecule has 0 radical (unpaired) electrons. The molecule has 1 N–H and O–H groups in total. The highest BCUT2D eigenvalue weighted by atomic mass is 32.2. The molecule has 1 unspecified atom stereocenters. The number of thioether (sulfide) groups is 1. The number of benzene rings is 1. The van der Waals surface area contributed by atoms with Gasteiger partial charge < -0.3 is 10.2 Å². The molecule has 1 aromatic carbocycles. The van der Waals surface area contributed by atoms with E-state index in [4.69, 9.17) is 0 Å². The van der Waals surface area contributed by atoms with Gasteiger partial charge in [-0.3, -0.25) is 0 Å². The predicted octanol–water partition coefficient (Wildman–Crippen LogP) is 2.91. The lowest BCUT2D eigenvalue weighted by Crippen LogP contribution is -2.27. The maximum atomic E-state index is 13.2. The van der Waals surface area contributed by atoms with E-state index in [-0.39, 0.29) is 6.04 Å². The van der Waals surface area contributed by atoms with E-state index in [2.05, 4.69) is 23.5 Å². The van der Waals surface area contributed by atoms with Gasteiger partial charge in [-0.05, 0) is 51.0 Å². The number of nitrogens with one attached hydrogen (secondary N) is 1. The van der Waals surface area contributed by atoms with Crippen LogP contribution in [-0.2, 0) is 0 Å². The van der Waals surface area contributed by atoms with Crippen molar-refractivity contribution in [3.63, 3.8) is 0 Å². The zero-order chi connectivity index (χ0) is 14.3. The number of hydrogen-bond donors (Lipinski definition) is 1. The Morgan fingerprint density at radius 1 is 1.21 bits per heavy atom. The first-order valence-corrected chi connectivity index (χ1v) is 7.77. The fourth-order valence-corrected chi connectivity index (χ4v) is 2.46. The minimum absolute atomic E-state index is 0.0260. The molecule has 0 aliphatic carbocycles. The van der Waals surface area contributed by atoms with Crippen LogP contribution in [0.3, 0.4) is 0 Å². The van der Waals surface area contributed by atoms with Crippen LogP contribution in [0.2, 0.25) is 0 Å². The molecule has 0 spiro atoms. The Labute approximate surface area is 118 Å². The third-order valence-electron chi connectivity index (χ3n) is 3.11. The van der Waals surface area contributed by atoms with E-state index in [0.717, 1.165) is 31.3 Å². The Balaban J connectivity index is 2.57. The van der Waals surface area contributed by atoms with Gasteiger partial charge >= 0.3 is 0 Å². The van der Waals surface area contributed by atoms with Gasteiger partial charge in [0.15, 0.2) is 0 Å². The molecule has 1 atom stereocenters. The molecule has 5 heteroatoms. The summed E-state index contributed by atoms with van der Waals surface area (Å²) >= 11 is 1.81. The standard InChI is InChI=1S/C14H22F2N2S/c1-17-14(4-5-18(2)6-7-19-3)11-8-12(15)10-13(16)9-11/h8-10,14,17H,4-7H2,1-3H3. The summed E-state index contributed by atoms with van der Waals surface area (Å²) in [4.78, 5) is 2.23. The Hall–Kier alpha value is -0.650. The van der Waals surface area contributed by atoms with Crippen LogP contribution in [0.25, 0.3) is 0 Å². The maximum Gasteiger partial charge on any atom is 0.126 e. The van der Waals surface area contributed by atoms with Crippen molar-refractivity contribution in [3.8, 4) is 0 Å². The Morgan fingerprint density at radius 3 is 2.37 bits per heavy atom. The average Bonchev–Trinajstić information content (AvgIpc) is 2.36. The summed E-state index contributed by atoms with van der Waals surface area (Å²) in [5.74, 6) is 0.0481. The molecule has 0 aliphatic rings. The lowest BCUT2D eigenvalue weighted by atomic mass is 10.0. The molecule has 0 aromatic heterocycles. The molecular weight excluding hydrogens is 266 g/mol. The highest BCUT2D eigenvalue weighted by Gasteiger charge is 2.12. The first-order valence-electron chi connectivity index (χ1n) is 6.37. The second-order valence-corrected chi connectivity index (χ2v) is 5.61. The maximum absolute atomic E-state index is 13.2. The highest BCUT2D eigenvalue weighted by molar-refractivity contribution is 7.98. The van der Waals surface area contributed by atoms with Crippen molar-refractivity contribution in [1.82, 2.24) is 10.2 Å². The second-order valence-electron chi connectivity index (χ2n) is 4.63. The largest absolute Gasteiger partial charge is 0.313 e. The molecule has 0 aliphatic heterocycles. The molecular formula is C14H22F2N2S. The first kappa shape index (κ1) is 16.4.